The zero-order valence-corrected chi connectivity index (χ0v) is 14.7. The first kappa shape index (κ1) is 16.6. The fourth-order valence-electron chi connectivity index (χ4n) is 3.13. The van der Waals surface area contributed by atoms with Gasteiger partial charge in [-0.15, -0.1) is 0 Å². The van der Waals surface area contributed by atoms with Crippen LogP contribution in [-0.2, 0) is 13.0 Å². The highest BCUT2D eigenvalue weighted by atomic mass is 16.5. The van der Waals surface area contributed by atoms with Gasteiger partial charge in [-0.2, -0.15) is 0 Å². The van der Waals surface area contributed by atoms with E-state index >= 15 is 0 Å². The molecule has 0 aromatic heterocycles. The minimum absolute atomic E-state index is 0.608. The lowest BCUT2D eigenvalue weighted by Gasteiger charge is -2.13. The van der Waals surface area contributed by atoms with E-state index in [1.54, 1.807) is 0 Å². The Balaban J connectivity index is 1.61. The highest BCUT2D eigenvalue weighted by molar-refractivity contribution is 5.82. The van der Waals surface area contributed by atoms with E-state index in [0.717, 1.165) is 18.1 Å². The lowest BCUT2D eigenvalue weighted by molar-refractivity contribution is 0.306. The summed E-state index contributed by atoms with van der Waals surface area (Å²) in [6, 6.07) is 23.5. The molecule has 0 spiro atoms. The number of ether oxygens (including phenoxy) is 1. The van der Waals surface area contributed by atoms with E-state index in [-0.39, 0.29) is 0 Å². The van der Waals surface area contributed by atoms with Gasteiger partial charge in [-0.25, -0.2) is 0 Å². The molecule has 0 heterocycles. The number of hydrogen-bond donors (Lipinski definition) is 0. The standard InChI is InChI=1S/C23H26O/c1-3-18(4-2)15-19-10-13-23(14-11-19)24-17-20-9-12-21-7-5-6-8-22(21)16-20/h5-14,16,18H,3-4,15,17H2,1-2H3. The highest BCUT2D eigenvalue weighted by Gasteiger charge is 2.05. The highest BCUT2D eigenvalue weighted by Crippen LogP contribution is 2.20. The van der Waals surface area contributed by atoms with Gasteiger partial charge in [0.15, 0.2) is 0 Å². The van der Waals surface area contributed by atoms with Crippen molar-refractivity contribution in [1.82, 2.24) is 0 Å². The lowest BCUT2D eigenvalue weighted by atomic mass is 9.95. The fraction of sp³-hybridized carbons (Fsp3) is 0.304. The van der Waals surface area contributed by atoms with Gasteiger partial charge in [0.2, 0.25) is 0 Å². The summed E-state index contributed by atoms with van der Waals surface area (Å²) in [5.74, 6) is 1.73. The maximum atomic E-state index is 5.95. The molecule has 3 aromatic rings. The molecule has 0 aliphatic rings. The molecular formula is C23H26O. The number of hydrogen-bond acceptors (Lipinski definition) is 1. The van der Waals surface area contributed by atoms with Gasteiger partial charge in [-0.1, -0.05) is 75.2 Å². The molecule has 0 fully saturated rings. The zero-order chi connectivity index (χ0) is 16.8. The fourth-order valence-corrected chi connectivity index (χ4v) is 3.13. The first-order valence-electron chi connectivity index (χ1n) is 8.98. The Morgan fingerprint density at radius 2 is 1.42 bits per heavy atom. The van der Waals surface area contributed by atoms with Crippen LogP contribution in [0, 0.1) is 5.92 Å². The van der Waals surface area contributed by atoms with E-state index in [1.807, 2.05) is 0 Å². The third-order valence-electron chi connectivity index (χ3n) is 4.82. The summed E-state index contributed by atoms with van der Waals surface area (Å²) < 4.78 is 5.95. The van der Waals surface area contributed by atoms with E-state index in [0.29, 0.717) is 6.61 Å². The van der Waals surface area contributed by atoms with Crippen LogP contribution in [0.3, 0.4) is 0 Å². The third kappa shape index (κ3) is 4.17. The second-order valence-corrected chi connectivity index (χ2v) is 6.50. The second-order valence-electron chi connectivity index (χ2n) is 6.50. The summed E-state index contributed by atoms with van der Waals surface area (Å²) in [5, 5.41) is 2.53. The van der Waals surface area contributed by atoms with Crippen molar-refractivity contribution in [2.75, 3.05) is 0 Å². The molecule has 0 atom stereocenters. The first-order valence-corrected chi connectivity index (χ1v) is 8.98. The van der Waals surface area contributed by atoms with Gasteiger partial charge < -0.3 is 4.74 Å². The zero-order valence-electron chi connectivity index (χ0n) is 14.7. The average molecular weight is 318 g/mol. The van der Waals surface area contributed by atoms with Crippen molar-refractivity contribution in [1.29, 1.82) is 0 Å². The van der Waals surface area contributed by atoms with Crippen LogP contribution in [0.1, 0.15) is 37.8 Å². The summed E-state index contributed by atoms with van der Waals surface area (Å²) in [6.07, 6.45) is 3.66. The van der Waals surface area contributed by atoms with Crippen molar-refractivity contribution in [2.45, 2.75) is 39.7 Å². The van der Waals surface area contributed by atoms with Gasteiger partial charge in [0.1, 0.15) is 12.4 Å². The number of rotatable bonds is 7. The monoisotopic (exact) mass is 318 g/mol. The van der Waals surface area contributed by atoms with Crippen LogP contribution in [0.25, 0.3) is 10.8 Å². The van der Waals surface area contributed by atoms with Crippen LogP contribution in [0.4, 0.5) is 0 Å². The SMILES string of the molecule is CCC(CC)Cc1ccc(OCc2ccc3ccccc3c2)cc1. The van der Waals surface area contributed by atoms with Crippen molar-refractivity contribution >= 4 is 10.8 Å². The third-order valence-corrected chi connectivity index (χ3v) is 4.82. The molecule has 1 nitrogen and oxygen atoms in total. The molecule has 24 heavy (non-hydrogen) atoms. The average Bonchev–Trinajstić information content (AvgIpc) is 2.65. The van der Waals surface area contributed by atoms with Gasteiger partial charge >= 0.3 is 0 Å². The molecule has 3 aromatic carbocycles. The molecule has 0 saturated heterocycles. The molecule has 0 aliphatic heterocycles. The van der Waals surface area contributed by atoms with Gasteiger partial charge in [0.05, 0.1) is 0 Å². The van der Waals surface area contributed by atoms with Crippen LogP contribution in [0.15, 0.2) is 66.7 Å². The Hall–Kier alpha value is -2.28. The number of benzene rings is 3. The number of fused-ring (bicyclic) bond motifs is 1. The molecule has 0 bridgehead atoms. The summed E-state index contributed by atoms with van der Waals surface area (Å²) in [5.41, 5.74) is 2.61. The molecule has 0 radical (unpaired) electrons. The summed E-state index contributed by atoms with van der Waals surface area (Å²) >= 11 is 0. The smallest absolute Gasteiger partial charge is 0.119 e. The normalized spacial score (nSPS) is 11.1. The minimum Gasteiger partial charge on any atom is -0.489 e. The van der Waals surface area contributed by atoms with Crippen molar-refractivity contribution in [3.05, 3.63) is 77.9 Å². The summed E-state index contributed by atoms with van der Waals surface area (Å²) in [6.45, 7) is 5.15. The molecular weight excluding hydrogens is 292 g/mol. The van der Waals surface area contributed by atoms with E-state index in [4.69, 9.17) is 4.74 Å². The summed E-state index contributed by atoms with van der Waals surface area (Å²) in [4.78, 5) is 0. The van der Waals surface area contributed by atoms with Crippen molar-refractivity contribution in [3.63, 3.8) is 0 Å². The van der Waals surface area contributed by atoms with Crippen LogP contribution in [0.5, 0.6) is 5.75 Å². The Morgan fingerprint density at radius 3 is 2.12 bits per heavy atom. The minimum atomic E-state index is 0.608. The Morgan fingerprint density at radius 1 is 0.750 bits per heavy atom. The van der Waals surface area contributed by atoms with Crippen LogP contribution < -0.4 is 4.74 Å². The molecule has 124 valence electrons. The van der Waals surface area contributed by atoms with Gasteiger partial charge in [-0.05, 0) is 52.4 Å². The van der Waals surface area contributed by atoms with Crippen LogP contribution in [0.2, 0.25) is 0 Å². The Kier molecular flexibility index (Phi) is 5.53. The van der Waals surface area contributed by atoms with Gasteiger partial charge in [-0.3, -0.25) is 0 Å². The largest absolute Gasteiger partial charge is 0.489 e. The van der Waals surface area contributed by atoms with Crippen molar-refractivity contribution in [3.8, 4) is 5.75 Å². The van der Waals surface area contributed by atoms with E-state index in [2.05, 4.69) is 80.6 Å². The second kappa shape index (κ2) is 8.01. The maximum absolute atomic E-state index is 5.95. The first-order chi connectivity index (χ1) is 11.8. The Bertz CT molecular complexity index is 769. The molecule has 0 N–H and O–H groups in total. The topological polar surface area (TPSA) is 9.23 Å². The van der Waals surface area contributed by atoms with Crippen molar-refractivity contribution in [2.24, 2.45) is 5.92 Å². The van der Waals surface area contributed by atoms with Crippen LogP contribution in [-0.4, -0.2) is 0 Å². The molecule has 0 saturated carbocycles. The van der Waals surface area contributed by atoms with E-state index in [9.17, 15) is 0 Å². The molecule has 0 unspecified atom stereocenters. The lowest BCUT2D eigenvalue weighted by Crippen LogP contribution is -2.01. The van der Waals surface area contributed by atoms with Gasteiger partial charge in [0, 0.05) is 0 Å². The molecule has 1 heteroatoms. The predicted octanol–water partition coefficient (Wildman–Crippen LogP) is 6.40. The quantitative estimate of drug-likeness (QED) is 0.490. The predicted molar refractivity (Wildman–Crippen MR) is 102 cm³/mol. The molecule has 3 rings (SSSR count). The molecule has 0 aliphatic carbocycles. The van der Waals surface area contributed by atoms with Gasteiger partial charge in [0.25, 0.3) is 0 Å². The maximum Gasteiger partial charge on any atom is 0.119 e. The Labute approximate surface area is 145 Å². The molecule has 0 amide bonds. The van der Waals surface area contributed by atoms with Crippen molar-refractivity contribution < 1.29 is 4.74 Å². The van der Waals surface area contributed by atoms with Crippen LogP contribution >= 0.6 is 0 Å². The summed E-state index contributed by atoms with van der Waals surface area (Å²) in [7, 11) is 0. The van der Waals surface area contributed by atoms with E-state index < -0.39 is 0 Å². The van der Waals surface area contributed by atoms with E-state index in [1.165, 1.54) is 34.7 Å².